The van der Waals surface area contributed by atoms with E-state index in [9.17, 15) is 17.6 Å². The van der Waals surface area contributed by atoms with Gasteiger partial charge in [-0.05, 0) is 12.5 Å². The second-order valence-corrected chi connectivity index (χ2v) is 5.20. The highest BCUT2D eigenvalue weighted by molar-refractivity contribution is 5.34. The highest BCUT2D eigenvalue weighted by Gasteiger charge is 2.63. The van der Waals surface area contributed by atoms with E-state index in [0.29, 0.717) is 5.56 Å². The average Bonchev–Trinajstić information content (AvgIpc) is 2.89. The van der Waals surface area contributed by atoms with Crippen molar-refractivity contribution in [1.82, 2.24) is 5.48 Å². The summed E-state index contributed by atoms with van der Waals surface area (Å²) in [4.78, 5) is 4.99. The van der Waals surface area contributed by atoms with Crippen LogP contribution in [0.2, 0.25) is 0 Å². The van der Waals surface area contributed by atoms with Crippen LogP contribution in [0.25, 0.3) is 0 Å². The zero-order valence-electron chi connectivity index (χ0n) is 10.6. The molecule has 1 N–H and O–H groups in total. The molecule has 0 bridgehead atoms. The lowest BCUT2D eigenvalue weighted by atomic mass is 9.79. The second kappa shape index (κ2) is 4.41. The Hall–Kier alpha value is -1.18. The maximum Gasteiger partial charge on any atom is 0.415 e. The molecule has 0 unspecified atom stereocenters. The summed E-state index contributed by atoms with van der Waals surface area (Å²) in [6, 6.07) is 4.65. The van der Waals surface area contributed by atoms with E-state index in [-0.39, 0.29) is 18.8 Å². The van der Waals surface area contributed by atoms with Gasteiger partial charge in [-0.15, -0.1) is 0 Å². The molecule has 0 amide bonds. The number of hydrogen-bond acceptors (Lipinski definition) is 3. The standard InChI is InChI=1S/C13H13F4NO2/c1-7-3-2-4-8(10(7)14)12-6-19-11(13(15,16)17)9(12)5-20-18-12/h2-4,9,11,18H,5-6H2,1H3/t9-,11+,12-/m1/s1. The Balaban J connectivity index is 2.06. The normalized spacial score (nSPS) is 33.5. The van der Waals surface area contributed by atoms with Crippen molar-refractivity contribution in [3.8, 4) is 0 Å². The molecule has 2 aliphatic heterocycles. The zero-order chi connectivity index (χ0) is 14.5. The van der Waals surface area contributed by atoms with Crippen LogP contribution >= 0.6 is 0 Å². The molecule has 110 valence electrons. The summed E-state index contributed by atoms with van der Waals surface area (Å²) in [7, 11) is 0. The average molecular weight is 291 g/mol. The van der Waals surface area contributed by atoms with Gasteiger partial charge in [0, 0.05) is 11.5 Å². The molecule has 0 spiro atoms. The van der Waals surface area contributed by atoms with E-state index in [4.69, 9.17) is 9.57 Å². The van der Waals surface area contributed by atoms with Crippen molar-refractivity contribution < 1.29 is 27.1 Å². The lowest BCUT2D eigenvalue weighted by molar-refractivity contribution is -0.219. The van der Waals surface area contributed by atoms with Crippen LogP contribution < -0.4 is 5.48 Å². The monoisotopic (exact) mass is 291 g/mol. The number of halogens is 4. The first-order chi connectivity index (χ1) is 9.36. The Morgan fingerprint density at radius 2 is 2.10 bits per heavy atom. The maximum absolute atomic E-state index is 14.3. The first kappa shape index (κ1) is 13.8. The first-order valence-corrected chi connectivity index (χ1v) is 6.19. The maximum atomic E-state index is 14.3. The van der Waals surface area contributed by atoms with Crippen molar-refractivity contribution >= 4 is 0 Å². The van der Waals surface area contributed by atoms with Crippen LogP contribution in [-0.2, 0) is 15.1 Å². The Morgan fingerprint density at radius 1 is 1.35 bits per heavy atom. The first-order valence-electron chi connectivity index (χ1n) is 6.19. The van der Waals surface area contributed by atoms with Gasteiger partial charge in [-0.2, -0.15) is 18.7 Å². The molecule has 2 aliphatic rings. The van der Waals surface area contributed by atoms with Gasteiger partial charge in [0.05, 0.1) is 13.2 Å². The number of hydroxylamine groups is 1. The molecule has 0 radical (unpaired) electrons. The van der Waals surface area contributed by atoms with Crippen LogP contribution in [-0.4, -0.2) is 25.5 Å². The Kier molecular flexibility index (Phi) is 3.04. The summed E-state index contributed by atoms with van der Waals surface area (Å²) in [6.45, 7) is 1.12. The third-order valence-electron chi connectivity index (χ3n) is 4.00. The van der Waals surface area contributed by atoms with Crippen LogP contribution in [0.1, 0.15) is 11.1 Å². The molecule has 2 fully saturated rings. The van der Waals surface area contributed by atoms with Crippen LogP contribution in [0.4, 0.5) is 17.6 Å². The van der Waals surface area contributed by atoms with Gasteiger partial charge in [0.2, 0.25) is 0 Å². The van der Waals surface area contributed by atoms with Crippen LogP contribution in [0.5, 0.6) is 0 Å². The van der Waals surface area contributed by atoms with Gasteiger partial charge >= 0.3 is 6.18 Å². The van der Waals surface area contributed by atoms with E-state index in [1.165, 1.54) is 6.07 Å². The second-order valence-electron chi connectivity index (χ2n) is 5.20. The summed E-state index contributed by atoms with van der Waals surface area (Å²) in [6.07, 6.45) is -6.44. The summed E-state index contributed by atoms with van der Waals surface area (Å²) in [5.41, 5.74) is 1.81. The molecule has 0 aromatic heterocycles. The Morgan fingerprint density at radius 3 is 2.80 bits per heavy atom. The number of alkyl halides is 3. The van der Waals surface area contributed by atoms with Gasteiger partial charge in [0.25, 0.3) is 0 Å². The minimum Gasteiger partial charge on any atom is -0.366 e. The number of hydrogen-bond donors (Lipinski definition) is 1. The molecule has 2 heterocycles. The predicted molar refractivity (Wildman–Crippen MR) is 61.2 cm³/mol. The topological polar surface area (TPSA) is 30.5 Å². The van der Waals surface area contributed by atoms with E-state index in [1.54, 1.807) is 19.1 Å². The highest BCUT2D eigenvalue weighted by atomic mass is 19.4. The van der Waals surface area contributed by atoms with E-state index in [1.807, 2.05) is 0 Å². The fraction of sp³-hybridized carbons (Fsp3) is 0.538. The third kappa shape index (κ3) is 1.84. The predicted octanol–water partition coefficient (Wildman–Crippen LogP) is 2.44. The molecule has 1 aromatic carbocycles. The minimum absolute atomic E-state index is 0.159. The summed E-state index contributed by atoms with van der Waals surface area (Å²) in [5.74, 6) is -1.53. The van der Waals surface area contributed by atoms with Gasteiger partial charge in [-0.3, -0.25) is 0 Å². The summed E-state index contributed by atoms with van der Waals surface area (Å²) < 4.78 is 58.1. The number of aryl methyl sites for hydroxylation is 1. The Bertz CT molecular complexity index is 534. The number of rotatable bonds is 1. The number of ether oxygens (including phenoxy) is 1. The van der Waals surface area contributed by atoms with E-state index >= 15 is 0 Å². The lowest BCUT2D eigenvalue weighted by Crippen LogP contribution is -2.45. The lowest BCUT2D eigenvalue weighted by Gasteiger charge is -2.28. The van der Waals surface area contributed by atoms with Gasteiger partial charge in [0.15, 0.2) is 6.10 Å². The van der Waals surface area contributed by atoms with E-state index in [0.717, 1.165) is 0 Å². The van der Waals surface area contributed by atoms with Crippen LogP contribution in [0.3, 0.4) is 0 Å². The molecule has 3 atom stereocenters. The zero-order valence-corrected chi connectivity index (χ0v) is 10.6. The van der Waals surface area contributed by atoms with Gasteiger partial charge in [-0.1, -0.05) is 18.2 Å². The summed E-state index contributed by atoms with van der Waals surface area (Å²) >= 11 is 0. The van der Waals surface area contributed by atoms with Crippen molar-refractivity contribution in [3.63, 3.8) is 0 Å². The fourth-order valence-corrected chi connectivity index (χ4v) is 2.94. The van der Waals surface area contributed by atoms with Crippen molar-refractivity contribution in [2.24, 2.45) is 5.92 Å². The van der Waals surface area contributed by atoms with Crippen LogP contribution in [0, 0.1) is 18.7 Å². The SMILES string of the molecule is Cc1cccc([C@]23CO[C@H](C(F)(F)F)[C@H]2CON3)c1F. The fourth-order valence-electron chi connectivity index (χ4n) is 2.94. The smallest absolute Gasteiger partial charge is 0.366 e. The van der Waals surface area contributed by atoms with Crippen molar-refractivity contribution in [3.05, 3.63) is 35.1 Å². The van der Waals surface area contributed by atoms with E-state index in [2.05, 4.69) is 5.48 Å². The van der Waals surface area contributed by atoms with E-state index < -0.39 is 29.6 Å². The Labute approximate surface area is 112 Å². The van der Waals surface area contributed by atoms with Gasteiger partial charge < -0.3 is 9.57 Å². The molecule has 2 saturated heterocycles. The van der Waals surface area contributed by atoms with Crippen molar-refractivity contribution in [1.29, 1.82) is 0 Å². The quantitative estimate of drug-likeness (QED) is 0.806. The van der Waals surface area contributed by atoms with Crippen molar-refractivity contribution in [2.75, 3.05) is 13.2 Å². The molecule has 7 heteroatoms. The molecular weight excluding hydrogens is 278 g/mol. The van der Waals surface area contributed by atoms with Gasteiger partial charge in [-0.25, -0.2) is 4.39 Å². The largest absolute Gasteiger partial charge is 0.415 e. The minimum atomic E-state index is -4.50. The number of benzene rings is 1. The molecule has 3 nitrogen and oxygen atoms in total. The summed E-state index contributed by atoms with van der Waals surface area (Å²) in [5, 5.41) is 0. The molecule has 0 saturated carbocycles. The van der Waals surface area contributed by atoms with Gasteiger partial charge in [0.1, 0.15) is 11.4 Å². The van der Waals surface area contributed by atoms with Crippen molar-refractivity contribution in [2.45, 2.75) is 24.7 Å². The highest BCUT2D eigenvalue weighted by Crippen LogP contribution is 2.48. The molecule has 3 rings (SSSR count). The van der Waals surface area contributed by atoms with Crippen LogP contribution in [0.15, 0.2) is 18.2 Å². The molecule has 1 aromatic rings. The third-order valence-corrected chi connectivity index (χ3v) is 4.00. The number of fused-ring (bicyclic) bond motifs is 1. The molecule has 0 aliphatic carbocycles. The molecule has 20 heavy (non-hydrogen) atoms. The molecular formula is C13H13F4NO2. The number of nitrogens with one attached hydrogen (secondary N) is 1.